The van der Waals surface area contributed by atoms with Crippen LogP contribution in [0.4, 0.5) is 9.52 Å². The van der Waals surface area contributed by atoms with Gasteiger partial charge in [-0.2, -0.15) is 4.98 Å². The molecule has 3 heterocycles. The fourth-order valence-corrected chi connectivity index (χ4v) is 3.93. The SMILES string of the molecule is CC(C)c1noc([C@@H]2CCCN2c2nc(-c3ccc(F)cc3)cs2)n1. The first kappa shape index (κ1) is 16.2. The number of anilines is 1. The average Bonchev–Trinajstić information content (AvgIpc) is 3.34. The number of benzene rings is 1. The Morgan fingerprint density at radius 3 is 2.76 bits per heavy atom. The molecule has 4 rings (SSSR count). The van der Waals surface area contributed by atoms with Crippen molar-refractivity contribution in [3.63, 3.8) is 0 Å². The number of hydrogen-bond acceptors (Lipinski definition) is 6. The normalized spacial score (nSPS) is 17.6. The first-order chi connectivity index (χ1) is 12.1. The Morgan fingerprint density at radius 1 is 1.24 bits per heavy atom. The lowest BCUT2D eigenvalue weighted by Crippen LogP contribution is -2.22. The molecule has 0 aliphatic carbocycles. The van der Waals surface area contributed by atoms with Crippen LogP contribution in [0.15, 0.2) is 34.2 Å². The van der Waals surface area contributed by atoms with E-state index < -0.39 is 0 Å². The summed E-state index contributed by atoms with van der Waals surface area (Å²) in [6.45, 7) is 5.02. The van der Waals surface area contributed by atoms with Crippen molar-refractivity contribution >= 4 is 16.5 Å². The van der Waals surface area contributed by atoms with E-state index in [1.165, 1.54) is 12.1 Å². The first-order valence-electron chi connectivity index (χ1n) is 8.43. The molecule has 1 atom stereocenters. The standard InChI is InChI=1S/C18H19FN4OS/c1-11(2)16-21-17(24-22-16)15-4-3-9-23(15)18-20-14(10-25-18)12-5-7-13(19)8-6-12/h5-8,10-11,15H,3-4,9H2,1-2H3/t15-/m0/s1. The van der Waals surface area contributed by atoms with Gasteiger partial charge >= 0.3 is 0 Å². The predicted octanol–water partition coefficient (Wildman–Crippen LogP) is 4.80. The molecule has 1 fully saturated rings. The van der Waals surface area contributed by atoms with Crippen molar-refractivity contribution in [1.29, 1.82) is 0 Å². The Balaban J connectivity index is 1.59. The molecule has 130 valence electrons. The highest BCUT2D eigenvalue weighted by Gasteiger charge is 2.32. The minimum atomic E-state index is -0.240. The zero-order valence-electron chi connectivity index (χ0n) is 14.1. The van der Waals surface area contributed by atoms with Gasteiger partial charge in [0.25, 0.3) is 0 Å². The van der Waals surface area contributed by atoms with Crippen LogP contribution in [-0.4, -0.2) is 21.7 Å². The van der Waals surface area contributed by atoms with Crippen molar-refractivity contribution in [2.75, 3.05) is 11.4 Å². The summed E-state index contributed by atoms with van der Waals surface area (Å²) in [7, 11) is 0. The summed E-state index contributed by atoms with van der Waals surface area (Å²) in [5.41, 5.74) is 1.78. The van der Waals surface area contributed by atoms with Crippen molar-refractivity contribution in [2.45, 2.75) is 38.6 Å². The molecule has 0 spiro atoms. The maximum Gasteiger partial charge on any atom is 0.249 e. The highest BCUT2D eigenvalue weighted by molar-refractivity contribution is 7.14. The van der Waals surface area contributed by atoms with Gasteiger partial charge in [0.1, 0.15) is 11.9 Å². The number of nitrogens with zero attached hydrogens (tertiary/aromatic N) is 4. The van der Waals surface area contributed by atoms with Gasteiger partial charge in [-0.25, -0.2) is 9.37 Å². The molecule has 0 radical (unpaired) electrons. The molecule has 7 heteroatoms. The maximum atomic E-state index is 13.1. The van der Waals surface area contributed by atoms with Gasteiger partial charge in [0.15, 0.2) is 11.0 Å². The highest BCUT2D eigenvalue weighted by Crippen LogP contribution is 2.38. The Morgan fingerprint density at radius 2 is 2.04 bits per heavy atom. The lowest BCUT2D eigenvalue weighted by Gasteiger charge is -2.20. The van der Waals surface area contributed by atoms with Crippen LogP contribution in [0.5, 0.6) is 0 Å². The molecule has 0 bridgehead atoms. The summed E-state index contributed by atoms with van der Waals surface area (Å²) in [4.78, 5) is 11.5. The molecule has 0 unspecified atom stereocenters. The van der Waals surface area contributed by atoms with E-state index in [9.17, 15) is 4.39 Å². The second kappa shape index (κ2) is 6.55. The van der Waals surface area contributed by atoms with E-state index in [1.807, 2.05) is 5.38 Å². The first-order valence-corrected chi connectivity index (χ1v) is 9.31. The fraction of sp³-hybridized carbons (Fsp3) is 0.389. The lowest BCUT2D eigenvalue weighted by atomic mass is 10.2. The number of thiazole rings is 1. The molecule has 1 saturated heterocycles. The van der Waals surface area contributed by atoms with Crippen molar-refractivity contribution < 1.29 is 8.91 Å². The summed E-state index contributed by atoms with van der Waals surface area (Å²) in [6.07, 6.45) is 2.04. The molecule has 2 aromatic heterocycles. The quantitative estimate of drug-likeness (QED) is 0.671. The van der Waals surface area contributed by atoms with Gasteiger partial charge in [-0.15, -0.1) is 11.3 Å². The van der Waals surface area contributed by atoms with Crippen LogP contribution in [0.2, 0.25) is 0 Å². The van der Waals surface area contributed by atoms with Crippen LogP contribution >= 0.6 is 11.3 Å². The topological polar surface area (TPSA) is 55.1 Å². The second-order valence-corrected chi connectivity index (χ2v) is 7.36. The van der Waals surface area contributed by atoms with Crippen molar-refractivity contribution in [2.24, 2.45) is 0 Å². The highest BCUT2D eigenvalue weighted by atomic mass is 32.1. The molecule has 1 aromatic carbocycles. The largest absolute Gasteiger partial charge is 0.337 e. The average molecular weight is 358 g/mol. The molecule has 1 aliphatic rings. The van der Waals surface area contributed by atoms with E-state index in [-0.39, 0.29) is 17.8 Å². The van der Waals surface area contributed by atoms with Crippen LogP contribution in [-0.2, 0) is 0 Å². The molecular formula is C18H19FN4OS. The Hall–Kier alpha value is -2.28. The summed E-state index contributed by atoms with van der Waals surface area (Å²) in [5.74, 6) is 1.42. The minimum Gasteiger partial charge on any atom is -0.337 e. The minimum absolute atomic E-state index is 0.0761. The summed E-state index contributed by atoms with van der Waals surface area (Å²) in [6, 6.07) is 6.50. The van der Waals surface area contributed by atoms with Gasteiger partial charge < -0.3 is 9.42 Å². The number of hydrogen-bond donors (Lipinski definition) is 0. The van der Waals surface area contributed by atoms with Crippen LogP contribution in [0.3, 0.4) is 0 Å². The molecule has 5 nitrogen and oxygen atoms in total. The Labute approximate surface area is 149 Å². The second-order valence-electron chi connectivity index (χ2n) is 6.52. The van der Waals surface area contributed by atoms with Gasteiger partial charge in [0, 0.05) is 23.4 Å². The molecule has 0 amide bonds. The van der Waals surface area contributed by atoms with E-state index in [0.29, 0.717) is 5.89 Å². The van der Waals surface area contributed by atoms with Gasteiger partial charge in [-0.1, -0.05) is 19.0 Å². The predicted molar refractivity (Wildman–Crippen MR) is 95.2 cm³/mol. The van der Waals surface area contributed by atoms with Crippen LogP contribution in [0.25, 0.3) is 11.3 Å². The summed E-state index contributed by atoms with van der Waals surface area (Å²) in [5, 5.41) is 7.03. The van der Waals surface area contributed by atoms with Crippen LogP contribution in [0, 0.1) is 5.82 Å². The van der Waals surface area contributed by atoms with E-state index in [2.05, 4.69) is 28.9 Å². The number of rotatable bonds is 4. The summed E-state index contributed by atoms with van der Waals surface area (Å²) < 4.78 is 18.6. The third-order valence-electron chi connectivity index (χ3n) is 4.39. The van der Waals surface area contributed by atoms with Crippen molar-refractivity contribution in [1.82, 2.24) is 15.1 Å². The van der Waals surface area contributed by atoms with Crippen molar-refractivity contribution in [3.8, 4) is 11.3 Å². The van der Waals surface area contributed by atoms with E-state index >= 15 is 0 Å². The monoisotopic (exact) mass is 358 g/mol. The molecule has 25 heavy (non-hydrogen) atoms. The molecule has 1 aliphatic heterocycles. The number of aromatic nitrogens is 3. The fourth-order valence-electron chi connectivity index (χ4n) is 3.02. The lowest BCUT2D eigenvalue weighted by molar-refractivity contribution is 0.349. The van der Waals surface area contributed by atoms with Gasteiger partial charge in [-0.05, 0) is 37.1 Å². The smallest absolute Gasteiger partial charge is 0.249 e. The maximum absolute atomic E-state index is 13.1. The summed E-state index contributed by atoms with van der Waals surface area (Å²) >= 11 is 1.59. The van der Waals surface area contributed by atoms with E-state index in [0.717, 1.165) is 41.6 Å². The molecule has 0 saturated carbocycles. The van der Waals surface area contributed by atoms with E-state index in [4.69, 9.17) is 9.51 Å². The molecular weight excluding hydrogens is 339 g/mol. The van der Waals surface area contributed by atoms with Gasteiger partial charge in [-0.3, -0.25) is 0 Å². The number of halogens is 1. The molecule has 0 N–H and O–H groups in total. The Bertz CT molecular complexity index is 858. The van der Waals surface area contributed by atoms with Gasteiger partial charge in [0.2, 0.25) is 5.89 Å². The zero-order chi connectivity index (χ0) is 17.4. The van der Waals surface area contributed by atoms with Crippen LogP contribution < -0.4 is 4.90 Å². The molecule has 3 aromatic rings. The van der Waals surface area contributed by atoms with Gasteiger partial charge in [0.05, 0.1) is 5.69 Å². The van der Waals surface area contributed by atoms with Crippen molar-refractivity contribution in [3.05, 3.63) is 47.2 Å². The Kier molecular flexibility index (Phi) is 4.25. The third-order valence-corrected chi connectivity index (χ3v) is 5.27. The third kappa shape index (κ3) is 3.16. The van der Waals surface area contributed by atoms with Crippen LogP contribution in [0.1, 0.15) is 50.4 Å². The van der Waals surface area contributed by atoms with E-state index in [1.54, 1.807) is 23.5 Å². The zero-order valence-corrected chi connectivity index (χ0v) is 15.0.